The lowest BCUT2D eigenvalue weighted by Gasteiger charge is -2.35. The van der Waals surface area contributed by atoms with E-state index in [2.05, 4.69) is 37.6 Å². The third kappa shape index (κ3) is 5.89. The van der Waals surface area contributed by atoms with Gasteiger partial charge in [-0.15, -0.1) is 0 Å². The summed E-state index contributed by atoms with van der Waals surface area (Å²) in [4.78, 5) is 11.4. The van der Waals surface area contributed by atoms with Gasteiger partial charge in [-0.05, 0) is 31.5 Å². The van der Waals surface area contributed by atoms with Crippen LogP contribution in [0, 0.1) is 13.8 Å². The summed E-state index contributed by atoms with van der Waals surface area (Å²) in [6, 6.07) is 8.47. The van der Waals surface area contributed by atoms with Crippen molar-refractivity contribution in [3.8, 4) is 11.5 Å². The number of aliphatic imine (C=N–C) groups is 1. The molecule has 1 aliphatic heterocycles. The molecule has 2 N–H and O–H groups in total. The van der Waals surface area contributed by atoms with Crippen LogP contribution in [0.25, 0.3) is 0 Å². The fourth-order valence-corrected chi connectivity index (χ4v) is 4.00. The molecule has 1 saturated heterocycles. The number of pyridine rings is 1. The molecule has 1 aromatic heterocycles. The third-order valence-electron chi connectivity index (χ3n) is 5.85. The van der Waals surface area contributed by atoms with Crippen LogP contribution in [0.1, 0.15) is 28.4 Å². The Hall–Kier alpha value is -2.84. The zero-order chi connectivity index (χ0) is 22.9. The lowest BCUT2D eigenvalue weighted by molar-refractivity contribution is 0.0170. The maximum absolute atomic E-state index is 5.56. The van der Waals surface area contributed by atoms with Crippen LogP contribution in [0.4, 0.5) is 0 Å². The van der Waals surface area contributed by atoms with E-state index in [1.165, 1.54) is 5.56 Å². The molecule has 3 rings (SSSR count). The molecule has 32 heavy (non-hydrogen) atoms. The van der Waals surface area contributed by atoms with Gasteiger partial charge in [0.05, 0.1) is 45.7 Å². The molecule has 0 saturated carbocycles. The van der Waals surface area contributed by atoms with E-state index >= 15 is 0 Å². The number of benzene rings is 1. The normalized spacial score (nSPS) is 15.8. The third-order valence-corrected chi connectivity index (χ3v) is 5.85. The van der Waals surface area contributed by atoms with E-state index in [9.17, 15) is 0 Å². The van der Waals surface area contributed by atoms with Crippen LogP contribution in [0.5, 0.6) is 11.5 Å². The molecule has 8 nitrogen and oxygen atoms in total. The van der Waals surface area contributed by atoms with Crippen molar-refractivity contribution >= 4 is 5.96 Å². The summed E-state index contributed by atoms with van der Waals surface area (Å²) in [5.74, 6) is 2.47. The SMILES string of the molecule is CN=C(NCc1ncc(C)c(OC)c1C)NCC(c1ccc(OC)cc1)N1CCOCC1. The number of methoxy groups -OCH3 is 2. The first-order valence-electron chi connectivity index (χ1n) is 11.0. The van der Waals surface area contributed by atoms with Crippen molar-refractivity contribution in [2.24, 2.45) is 4.99 Å². The molecule has 1 fully saturated rings. The Bertz CT molecular complexity index is 895. The van der Waals surface area contributed by atoms with Crippen LogP contribution in [0.15, 0.2) is 35.5 Å². The van der Waals surface area contributed by atoms with Crippen molar-refractivity contribution in [1.29, 1.82) is 0 Å². The number of morpholine rings is 1. The molecular weight excluding hydrogens is 406 g/mol. The largest absolute Gasteiger partial charge is 0.497 e. The van der Waals surface area contributed by atoms with Gasteiger partial charge in [0.15, 0.2) is 5.96 Å². The van der Waals surface area contributed by atoms with Crippen molar-refractivity contribution in [3.05, 3.63) is 52.8 Å². The van der Waals surface area contributed by atoms with Gasteiger partial charge in [-0.3, -0.25) is 14.9 Å². The smallest absolute Gasteiger partial charge is 0.191 e. The highest BCUT2D eigenvalue weighted by Gasteiger charge is 2.23. The van der Waals surface area contributed by atoms with E-state index < -0.39 is 0 Å². The second kappa shape index (κ2) is 11.7. The summed E-state index contributed by atoms with van der Waals surface area (Å²) >= 11 is 0. The van der Waals surface area contributed by atoms with Crippen molar-refractivity contribution < 1.29 is 14.2 Å². The quantitative estimate of drug-likeness (QED) is 0.481. The van der Waals surface area contributed by atoms with E-state index in [-0.39, 0.29) is 6.04 Å². The monoisotopic (exact) mass is 441 g/mol. The molecule has 0 radical (unpaired) electrons. The van der Waals surface area contributed by atoms with Gasteiger partial charge in [0.25, 0.3) is 0 Å². The number of guanidine groups is 1. The molecule has 1 aromatic carbocycles. The maximum atomic E-state index is 5.56. The molecule has 2 aromatic rings. The first kappa shape index (κ1) is 23.8. The summed E-state index contributed by atoms with van der Waals surface area (Å²) in [7, 11) is 5.16. The van der Waals surface area contributed by atoms with E-state index in [0.29, 0.717) is 6.54 Å². The maximum Gasteiger partial charge on any atom is 0.191 e. The fourth-order valence-electron chi connectivity index (χ4n) is 4.00. The zero-order valence-corrected chi connectivity index (χ0v) is 19.8. The van der Waals surface area contributed by atoms with Crippen molar-refractivity contribution in [2.75, 3.05) is 54.1 Å². The van der Waals surface area contributed by atoms with E-state index in [4.69, 9.17) is 14.2 Å². The number of nitrogens with zero attached hydrogens (tertiary/aromatic N) is 3. The highest BCUT2D eigenvalue weighted by atomic mass is 16.5. The van der Waals surface area contributed by atoms with Crippen LogP contribution in [-0.4, -0.2) is 70.0 Å². The van der Waals surface area contributed by atoms with Crippen molar-refractivity contribution in [3.63, 3.8) is 0 Å². The predicted molar refractivity (Wildman–Crippen MR) is 127 cm³/mol. The Kier molecular flexibility index (Phi) is 8.70. The second-order valence-corrected chi connectivity index (χ2v) is 7.79. The molecule has 174 valence electrons. The summed E-state index contributed by atoms with van der Waals surface area (Å²) in [5, 5.41) is 6.87. The van der Waals surface area contributed by atoms with E-state index in [1.807, 2.05) is 32.2 Å². The highest BCUT2D eigenvalue weighted by Crippen LogP contribution is 2.25. The number of rotatable bonds is 8. The van der Waals surface area contributed by atoms with Gasteiger partial charge in [0.1, 0.15) is 11.5 Å². The van der Waals surface area contributed by atoms with Crippen molar-refractivity contribution in [2.45, 2.75) is 26.4 Å². The number of nitrogens with one attached hydrogen (secondary N) is 2. The lowest BCUT2D eigenvalue weighted by atomic mass is 10.0. The highest BCUT2D eigenvalue weighted by molar-refractivity contribution is 5.79. The lowest BCUT2D eigenvalue weighted by Crippen LogP contribution is -2.46. The van der Waals surface area contributed by atoms with Crippen LogP contribution < -0.4 is 20.1 Å². The molecule has 1 atom stereocenters. The number of aromatic nitrogens is 1. The van der Waals surface area contributed by atoms with Gasteiger partial charge in [0.2, 0.25) is 0 Å². The summed E-state index contributed by atoms with van der Waals surface area (Å²) in [6.07, 6.45) is 1.84. The Labute approximate surface area is 191 Å². The molecule has 0 bridgehead atoms. The van der Waals surface area contributed by atoms with E-state index in [1.54, 1.807) is 21.3 Å². The van der Waals surface area contributed by atoms with Crippen LogP contribution in [-0.2, 0) is 11.3 Å². The molecule has 0 aliphatic carbocycles. The van der Waals surface area contributed by atoms with Gasteiger partial charge in [0, 0.05) is 44.0 Å². The van der Waals surface area contributed by atoms with Crippen LogP contribution >= 0.6 is 0 Å². The molecule has 2 heterocycles. The minimum absolute atomic E-state index is 0.197. The minimum Gasteiger partial charge on any atom is -0.497 e. The van der Waals surface area contributed by atoms with Gasteiger partial charge < -0.3 is 24.8 Å². The van der Waals surface area contributed by atoms with Gasteiger partial charge in [-0.25, -0.2) is 0 Å². The first-order valence-corrected chi connectivity index (χ1v) is 11.0. The number of ether oxygens (including phenoxy) is 3. The van der Waals surface area contributed by atoms with E-state index in [0.717, 1.165) is 67.1 Å². The molecule has 8 heteroatoms. The number of hydrogen-bond donors (Lipinski definition) is 2. The summed E-state index contributed by atoms with van der Waals surface area (Å²) in [5.41, 5.74) is 4.25. The number of aryl methyl sites for hydroxylation is 1. The van der Waals surface area contributed by atoms with Crippen LogP contribution in [0.2, 0.25) is 0 Å². The first-order chi connectivity index (χ1) is 15.6. The average Bonchev–Trinajstić information content (AvgIpc) is 2.83. The Morgan fingerprint density at radius 2 is 1.84 bits per heavy atom. The summed E-state index contributed by atoms with van der Waals surface area (Å²) in [6.45, 7) is 8.61. The fraction of sp³-hybridized carbons (Fsp3) is 0.500. The summed E-state index contributed by atoms with van der Waals surface area (Å²) < 4.78 is 16.4. The van der Waals surface area contributed by atoms with Gasteiger partial charge in [-0.1, -0.05) is 12.1 Å². The Morgan fingerprint density at radius 1 is 1.12 bits per heavy atom. The van der Waals surface area contributed by atoms with Gasteiger partial charge in [-0.2, -0.15) is 0 Å². The zero-order valence-electron chi connectivity index (χ0n) is 19.8. The Morgan fingerprint density at radius 3 is 2.47 bits per heavy atom. The predicted octanol–water partition coefficient (Wildman–Crippen LogP) is 2.45. The standard InChI is InChI=1S/C24H35N5O3/c1-17-14-26-21(18(2)23(17)31-5)15-27-24(25-3)28-16-22(29-10-12-32-13-11-29)19-6-8-20(30-4)9-7-19/h6-9,14,22H,10-13,15-16H2,1-5H3,(H2,25,27,28). The molecule has 0 amide bonds. The topological polar surface area (TPSA) is 80.2 Å². The molecule has 1 unspecified atom stereocenters. The Balaban J connectivity index is 1.67. The minimum atomic E-state index is 0.197. The average molecular weight is 442 g/mol. The molecular formula is C24H35N5O3. The molecule has 0 spiro atoms. The van der Waals surface area contributed by atoms with Crippen molar-refractivity contribution in [1.82, 2.24) is 20.5 Å². The molecule has 1 aliphatic rings. The van der Waals surface area contributed by atoms with Crippen LogP contribution in [0.3, 0.4) is 0 Å². The second-order valence-electron chi connectivity index (χ2n) is 7.79. The van der Waals surface area contributed by atoms with Gasteiger partial charge >= 0.3 is 0 Å². The number of hydrogen-bond acceptors (Lipinski definition) is 6.